The van der Waals surface area contributed by atoms with Gasteiger partial charge in [0.15, 0.2) is 5.13 Å². The Kier molecular flexibility index (Phi) is 6.07. The Bertz CT molecular complexity index is 1110. The topological polar surface area (TPSA) is 82.6 Å². The van der Waals surface area contributed by atoms with Crippen molar-refractivity contribution in [2.75, 3.05) is 35.8 Å². The summed E-state index contributed by atoms with van der Waals surface area (Å²) in [6.45, 7) is 4.92. The number of carbonyl (C=O) groups is 1. The number of rotatable bonds is 5. The number of benzene rings is 1. The van der Waals surface area contributed by atoms with Gasteiger partial charge in [0.2, 0.25) is 0 Å². The van der Waals surface area contributed by atoms with Crippen LogP contribution < -0.4 is 9.62 Å². The Labute approximate surface area is 184 Å². The smallest absolute Gasteiger partial charge is 0.271 e. The van der Waals surface area contributed by atoms with E-state index in [1.165, 1.54) is 0 Å². The molecule has 4 rings (SSSR count). The molecule has 1 aromatic carbocycles. The molecule has 7 nitrogen and oxygen atoms in total. The van der Waals surface area contributed by atoms with Crippen LogP contribution in [0.3, 0.4) is 0 Å². The summed E-state index contributed by atoms with van der Waals surface area (Å²) in [4.78, 5) is 21.6. The van der Waals surface area contributed by atoms with E-state index in [0.29, 0.717) is 24.3 Å². The maximum atomic E-state index is 12.9. The summed E-state index contributed by atoms with van der Waals surface area (Å²) < 4.78 is 27.5. The minimum Gasteiger partial charge on any atom is -0.346 e. The van der Waals surface area contributed by atoms with Crippen molar-refractivity contribution < 1.29 is 13.2 Å². The monoisotopic (exact) mass is 462 g/mol. The van der Waals surface area contributed by atoms with Crippen LogP contribution in [0, 0.1) is 6.92 Å². The highest BCUT2D eigenvalue weighted by Crippen LogP contribution is 2.23. The molecule has 2 aromatic heterocycles. The summed E-state index contributed by atoms with van der Waals surface area (Å²) in [5, 5.41) is 4.76. The number of hydrogen-bond donors (Lipinski definition) is 1. The number of nitrogens with one attached hydrogen (secondary N) is 1. The molecule has 0 unspecified atom stereocenters. The van der Waals surface area contributed by atoms with Crippen molar-refractivity contribution in [1.82, 2.24) is 9.88 Å². The maximum absolute atomic E-state index is 12.9. The highest BCUT2D eigenvalue weighted by atomic mass is 32.2. The van der Waals surface area contributed by atoms with Crippen molar-refractivity contribution in [2.24, 2.45) is 0 Å². The molecule has 0 atom stereocenters. The number of sulfonamides is 1. The van der Waals surface area contributed by atoms with Crippen LogP contribution in [0.25, 0.3) is 0 Å². The second-order valence-electron chi connectivity index (χ2n) is 7.02. The molecule has 10 heteroatoms. The van der Waals surface area contributed by atoms with Crippen molar-refractivity contribution in [2.45, 2.75) is 17.6 Å². The van der Waals surface area contributed by atoms with Crippen molar-refractivity contribution in [3.8, 4) is 0 Å². The summed E-state index contributed by atoms with van der Waals surface area (Å²) in [6.07, 6.45) is 0.878. The van der Waals surface area contributed by atoms with Crippen LogP contribution in [0.1, 0.15) is 22.5 Å². The molecular weight excluding hydrogens is 440 g/mol. The first-order chi connectivity index (χ1) is 14.4. The standard InChI is InChI=1S/C20H22N4O3S3/c1-15-14-29-20(21-15)24-10-3-9-23(11-12-24)19(25)16-5-7-17(8-6-16)22-30(26,27)18-4-2-13-28-18/h2,4-8,13-14,22H,3,9-12H2,1H3. The number of nitrogens with zero attached hydrogens (tertiary/aromatic N) is 3. The number of hydrogen-bond acceptors (Lipinski definition) is 7. The number of aromatic nitrogens is 1. The Morgan fingerprint density at radius 2 is 1.87 bits per heavy atom. The number of amides is 1. The predicted octanol–water partition coefficient (Wildman–Crippen LogP) is 3.67. The molecule has 0 saturated carbocycles. The van der Waals surface area contributed by atoms with Crippen LogP contribution in [-0.2, 0) is 10.0 Å². The van der Waals surface area contributed by atoms with Crippen molar-refractivity contribution in [3.05, 3.63) is 58.4 Å². The first-order valence-corrected chi connectivity index (χ1v) is 12.8. The summed E-state index contributed by atoms with van der Waals surface area (Å²) in [5.41, 5.74) is 2.00. The molecule has 0 bridgehead atoms. The number of thiazole rings is 1. The minimum absolute atomic E-state index is 0.0418. The van der Waals surface area contributed by atoms with Crippen molar-refractivity contribution in [3.63, 3.8) is 0 Å². The summed E-state index contributed by atoms with van der Waals surface area (Å²) >= 11 is 2.79. The predicted molar refractivity (Wildman–Crippen MR) is 121 cm³/mol. The molecule has 3 heterocycles. The summed E-state index contributed by atoms with van der Waals surface area (Å²) in [6, 6.07) is 9.84. The van der Waals surface area contributed by atoms with Crippen LogP contribution >= 0.6 is 22.7 Å². The number of thiophene rings is 1. The Hall–Kier alpha value is -2.43. The average molecular weight is 463 g/mol. The molecule has 30 heavy (non-hydrogen) atoms. The number of carbonyl (C=O) groups excluding carboxylic acids is 1. The summed E-state index contributed by atoms with van der Waals surface area (Å²) in [7, 11) is -3.60. The SMILES string of the molecule is Cc1csc(N2CCCN(C(=O)c3ccc(NS(=O)(=O)c4cccs4)cc3)CC2)n1. The highest BCUT2D eigenvalue weighted by Gasteiger charge is 2.22. The number of anilines is 2. The van der Waals surface area contributed by atoms with Gasteiger partial charge in [-0.2, -0.15) is 0 Å². The summed E-state index contributed by atoms with van der Waals surface area (Å²) in [5.74, 6) is -0.0418. The first kappa shape index (κ1) is 20.8. The lowest BCUT2D eigenvalue weighted by atomic mass is 10.2. The van der Waals surface area contributed by atoms with Crippen LogP contribution in [0.2, 0.25) is 0 Å². The van der Waals surface area contributed by atoms with Crippen molar-refractivity contribution in [1.29, 1.82) is 0 Å². The van der Waals surface area contributed by atoms with E-state index in [9.17, 15) is 13.2 Å². The van der Waals surface area contributed by atoms with Gasteiger partial charge >= 0.3 is 0 Å². The minimum atomic E-state index is -3.60. The van der Waals surface area contributed by atoms with Gasteiger partial charge in [0.1, 0.15) is 4.21 Å². The average Bonchev–Trinajstić information content (AvgIpc) is 3.36. The van der Waals surface area contributed by atoms with Crippen LogP contribution in [-0.4, -0.2) is 50.4 Å². The van der Waals surface area contributed by atoms with Gasteiger partial charge in [-0.25, -0.2) is 13.4 Å². The third-order valence-electron chi connectivity index (χ3n) is 4.80. The molecule has 158 valence electrons. The lowest BCUT2D eigenvalue weighted by molar-refractivity contribution is 0.0767. The fraction of sp³-hybridized carbons (Fsp3) is 0.300. The van der Waals surface area contributed by atoms with Crippen LogP contribution in [0.15, 0.2) is 51.4 Å². The third-order valence-corrected chi connectivity index (χ3v) is 8.60. The fourth-order valence-corrected chi connectivity index (χ4v) is 6.19. The van der Waals surface area contributed by atoms with Gasteiger partial charge in [-0.15, -0.1) is 22.7 Å². The highest BCUT2D eigenvalue weighted by molar-refractivity contribution is 7.94. The van der Waals surface area contributed by atoms with Gasteiger partial charge in [-0.3, -0.25) is 9.52 Å². The lowest BCUT2D eigenvalue weighted by Gasteiger charge is -2.22. The Morgan fingerprint density at radius 3 is 2.53 bits per heavy atom. The van der Waals surface area contributed by atoms with Gasteiger partial charge in [-0.1, -0.05) is 6.07 Å². The largest absolute Gasteiger partial charge is 0.346 e. The second kappa shape index (κ2) is 8.75. The molecule has 0 aliphatic carbocycles. The Balaban J connectivity index is 1.40. The molecule has 0 spiro atoms. The van der Waals surface area contributed by atoms with Gasteiger partial charge in [0, 0.05) is 42.8 Å². The molecule has 1 saturated heterocycles. The second-order valence-corrected chi connectivity index (χ2v) is 10.7. The first-order valence-electron chi connectivity index (χ1n) is 9.55. The van der Waals surface area contributed by atoms with Crippen LogP contribution in [0.4, 0.5) is 10.8 Å². The fourth-order valence-electron chi connectivity index (χ4n) is 3.28. The molecule has 1 N–H and O–H groups in total. The Morgan fingerprint density at radius 1 is 1.07 bits per heavy atom. The van der Waals surface area contributed by atoms with E-state index in [4.69, 9.17) is 0 Å². The van der Waals surface area contributed by atoms with Gasteiger partial charge in [0.05, 0.1) is 5.69 Å². The molecule has 1 aliphatic rings. The number of aryl methyl sites for hydroxylation is 1. The lowest BCUT2D eigenvalue weighted by Crippen LogP contribution is -2.35. The maximum Gasteiger partial charge on any atom is 0.271 e. The zero-order valence-electron chi connectivity index (χ0n) is 16.4. The van der Waals surface area contributed by atoms with E-state index in [1.807, 2.05) is 17.2 Å². The zero-order valence-corrected chi connectivity index (χ0v) is 18.9. The van der Waals surface area contributed by atoms with Crippen molar-refractivity contribution >= 4 is 49.4 Å². The molecule has 3 aromatic rings. The van der Waals surface area contributed by atoms with E-state index in [0.717, 1.165) is 41.7 Å². The van der Waals surface area contributed by atoms with Crippen LogP contribution in [0.5, 0.6) is 0 Å². The van der Waals surface area contributed by atoms with Gasteiger partial charge in [0.25, 0.3) is 15.9 Å². The van der Waals surface area contributed by atoms with Gasteiger partial charge < -0.3 is 9.80 Å². The molecule has 0 radical (unpaired) electrons. The normalized spacial score (nSPS) is 15.1. The molecular formula is C20H22N4O3S3. The quantitative estimate of drug-likeness (QED) is 0.626. The third kappa shape index (κ3) is 4.66. The van der Waals surface area contributed by atoms with E-state index >= 15 is 0 Å². The zero-order chi connectivity index (χ0) is 21.1. The molecule has 1 fully saturated rings. The van der Waals surface area contributed by atoms with E-state index in [1.54, 1.807) is 53.1 Å². The van der Waals surface area contributed by atoms with E-state index in [-0.39, 0.29) is 10.1 Å². The molecule has 1 aliphatic heterocycles. The van der Waals surface area contributed by atoms with E-state index in [2.05, 4.69) is 14.6 Å². The molecule has 1 amide bonds. The van der Waals surface area contributed by atoms with E-state index < -0.39 is 10.0 Å². The van der Waals surface area contributed by atoms with Gasteiger partial charge in [-0.05, 0) is 49.1 Å².